The summed E-state index contributed by atoms with van der Waals surface area (Å²) in [5.74, 6) is -1.80. The van der Waals surface area contributed by atoms with Gasteiger partial charge in [0.05, 0.1) is 22.4 Å². The highest BCUT2D eigenvalue weighted by Gasteiger charge is 2.38. The molecule has 0 aromatic heterocycles. The first-order chi connectivity index (χ1) is 11.0. The summed E-state index contributed by atoms with van der Waals surface area (Å²) >= 11 is 0. The molecule has 0 unspecified atom stereocenters. The number of hydrogen-bond donors (Lipinski definition) is 3. The van der Waals surface area contributed by atoms with Crippen LogP contribution < -0.4 is 5.32 Å². The van der Waals surface area contributed by atoms with Crippen molar-refractivity contribution in [2.75, 3.05) is 5.32 Å². The number of carboxylic acid groups (broad SMARTS) is 1. The SMILES string of the molecule is CC(C)(C)OC(=O)Nc1cc(C(F)(F)F)c(C(=O)O)cc1C(C)(C)O. The number of nitrogens with one attached hydrogen (secondary N) is 1. The summed E-state index contributed by atoms with van der Waals surface area (Å²) in [5, 5.41) is 21.3. The highest BCUT2D eigenvalue weighted by molar-refractivity contribution is 5.93. The third-order valence-corrected chi connectivity index (χ3v) is 2.99. The molecule has 1 rings (SSSR count). The first-order valence-corrected chi connectivity index (χ1v) is 7.24. The van der Waals surface area contributed by atoms with Gasteiger partial charge < -0.3 is 14.9 Å². The number of carboxylic acids is 1. The molecule has 25 heavy (non-hydrogen) atoms. The van der Waals surface area contributed by atoms with Gasteiger partial charge in [-0.3, -0.25) is 5.32 Å². The molecule has 0 atom stereocenters. The minimum Gasteiger partial charge on any atom is -0.478 e. The predicted molar refractivity (Wildman–Crippen MR) is 83.5 cm³/mol. The third kappa shape index (κ3) is 5.63. The lowest BCUT2D eigenvalue weighted by molar-refractivity contribution is -0.138. The molecule has 0 heterocycles. The molecule has 1 aromatic carbocycles. The minimum atomic E-state index is -4.96. The van der Waals surface area contributed by atoms with Gasteiger partial charge in [0.15, 0.2) is 0 Å². The highest BCUT2D eigenvalue weighted by Crippen LogP contribution is 2.38. The molecule has 0 bridgehead atoms. The van der Waals surface area contributed by atoms with E-state index in [0.29, 0.717) is 12.1 Å². The van der Waals surface area contributed by atoms with E-state index in [-0.39, 0.29) is 11.3 Å². The van der Waals surface area contributed by atoms with Crippen LogP contribution in [0, 0.1) is 0 Å². The Morgan fingerprint density at radius 3 is 1.92 bits per heavy atom. The highest BCUT2D eigenvalue weighted by atomic mass is 19.4. The fraction of sp³-hybridized carbons (Fsp3) is 0.500. The number of hydrogen-bond acceptors (Lipinski definition) is 4. The molecule has 0 fully saturated rings. The number of carbonyl (C=O) groups is 2. The molecular formula is C16H20F3NO5. The van der Waals surface area contributed by atoms with Crippen LogP contribution >= 0.6 is 0 Å². The zero-order valence-corrected chi connectivity index (χ0v) is 14.4. The lowest BCUT2D eigenvalue weighted by Gasteiger charge is -2.25. The zero-order chi connectivity index (χ0) is 19.8. The number of aromatic carboxylic acids is 1. The molecule has 9 heteroatoms. The normalized spacial score (nSPS) is 12.7. The van der Waals surface area contributed by atoms with Crippen molar-refractivity contribution in [3.8, 4) is 0 Å². The third-order valence-electron chi connectivity index (χ3n) is 2.99. The summed E-state index contributed by atoms with van der Waals surface area (Å²) in [7, 11) is 0. The molecular weight excluding hydrogens is 343 g/mol. The number of ether oxygens (including phenoxy) is 1. The van der Waals surface area contributed by atoms with Crippen LogP contribution in [0.3, 0.4) is 0 Å². The van der Waals surface area contributed by atoms with Crippen molar-refractivity contribution in [2.45, 2.75) is 52.0 Å². The van der Waals surface area contributed by atoms with Crippen molar-refractivity contribution >= 4 is 17.7 Å². The maximum Gasteiger partial charge on any atom is 0.417 e. The Kier molecular flexibility index (Phi) is 5.44. The standard InChI is InChI=1S/C16H20F3NO5/c1-14(2,3)25-13(23)20-11-7-9(16(17,18)19)8(12(21)22)6-10(11)15(4,5)24/h6-7,24H,1-5H3,(H,20,23)(H,21,22). The van der Waals surface area contributed by atoms with Gasteiger partial charge in [-0.2, -0.15) is 13.2 Å². The van der Waals surface area contributed by atoms with Crippen molar-refractivity contribution < 1.29 is 37.7 Å². The van der Waals surface area contributed by atoms with Gasteiger partial charge in [-0.15, -0.1) is 0 Å². The van der Waals surface area contributed by atoms with Crippen LogP contribution in [0.15, 0.2) is 12.1 Å². The number of rotatable bonds is 3. The number of anilines is 1. The first-order valence-electron chi connectivity index (χ1n) is 7.24. The second-order valence-electron chi connectivity index (χ2n) is 6.93. The van der Waals surface area contributed by atoms with Crippen molar-refractivity contribution in [3.05, 3.63) is 28.8 Å². The average Bonchev–Trinajstić information content (AvgIpc) is 2.32. The van der Waals surface area contributed by atoms with Crippen LogP contribution in [0.2, 0.25) is 0 Å². The van der Waals surface area contributed by atoms with Gasteiger partial charge in [0.1, 0.15) is 5.60 Å². The lowest BCUT2D eigenvalue weighted by Crippen LogP contribution is -2.29. The zero-order valence-electron chi connectivity index (χ0n) is 14.4. The Balaban J connectivity index is 3.53. The van der Waals surface area contributed by atoms with Crippen LogP contribution in [0.4, 0.5) is 23.7 Å². The number of aliphatic hydroxyl groups is 1. The Hall–Kier alpha value is -2.29. The quantitative estimate of drug-likeness (QED) is 0.755. The Bertz CT molecular complexity index is 685. The largest absolute Gasteiger partial charge is 0.478 e. The first kappa shape index (κ1) is 20.8. The van der Waals surface area contributed by atoms with E-state index >= 15 is 0 Å². The van der Waals surface area contributed by atoms with Crippen LogP contribution in [0.25, 0.3) is 0 Å². The van der Waals surface area contributed by atoms with E-state index in [9.17, 15) is 27.9 Å². The fourth-order valence-electron chi connectivity index (χ4n) is 2.03. The monoisotopic (exact) mass is 363 g/mol. The summed E-state index contributed by atoms with van der Waals surface area (Å²) in [6.07, 6.45) is -6.00. The second-order valence-corrected chi connectivity index (χ2v) is 6.93. The minimum absolute atomic E-state index is 0.191. The van der Waals surface area contributed by atoms with Gasteiger partial charge >= 0.3 is 18.2 Å². The number of halogens is 3. The molecule has 140 valence electrons. The van der Waals surface area contributed by atoms with Crippen molar-refractivity contribution in [1.82, 2.24) is 0 Å². The molecule has 0 spiro atoms. The van der Waals surface area contributed by atoms with Crippen LogP contribution in [0.5, 0.6) is 0 Å². The summed E-state index contributed by atoms with van der Waals surface area (Å²) in [6, 6.07) is 1.17. The summed E-state index contributed by atoms with van der Waals surface area (Å²) < 4.78 is 44.5. The second kappa shape index (κ2) is 6.55. The van der Waals surface area contributed by atoms with Crippen molar-refractivity contribution in [1.29, 1.82) is 0 Å². The summed E-state index contributed by atoms with van der Waals surface area (Å²) in [5.41, 5.74) is -5.66. The van der Waals surface area contributed by atoms with E-state index in [1.165, 1.54) is 13.8 Å². The van der Waals surface area contributed by atoms with Crippen molar-refractivity contribution in [3.63, 3.8) is 0 Å². The summed E-state index contributed by atoms with van der Waals surface area (Å²) in [4.78, 5) is 23.0. The van der Waals surface area contributed by atoms with Gasteiger partial charge in [-0.25, -0.2) is 9.59 Å². The van der Waals surface area contributed by atoms with Crippen LogP contribution in [0.1, 0.15) is 56.1 Å². The van der Waals surface area contributed by atoms with Gasteiger partial charge in [0, 0.05) is 5.56 Å². The molecule has 6 nitrogen and oxygen atoms in total. The molecule has 0 aliphatic heterocycles. The van der Waals surface area contributed by atoms with E-state index in [0.717, 1.165) is 0 Å². The van der Waals surface area contributed by atoms with E-state index in [1.807, 2.05) is 0 Å². The molecule has 0 aliphatic rings. The Labute approximate surface area is 142 Å². The van der Waals surface area contributed by atoms with E-state index < -0.39 is 40.6 Å². The predicted octanol–water partition coefficient (Wildman–Crippen LogP) is 3.98. The Morgan fingerprint density at radius 2 is 1.56 bits per heavy atom. The van der Waals surface area contributed by atoms with E-state index in [2.05, 4.69) is 5.32 Å². The van der Waals surface area contributed by atoms with Gasteiger partial charge in [-0.1, -0.05) is 0 Å². The number of alkyl halides is 3. The lowest BCUT2D eigenvalue weighted by atomic mass is 9.91. The topological polar surface area (TPSA) is 95.9 Å². The molecule has 0 saturated carbocycles. The molecule has 0 aliphatic carbocycles. The summed E-state index contributed by atoms with van der Waals surface area (Å²) in [6.45, 7) is 7.21. The Morgan fingerprint density at radius 1 is 1.04 bits per heavy atom. The van der Waals surface area contributed by atoms with Crippen LogP contribution in [-0.4, -0.2) is 27.9 Å². The van der Waals surface area contributed by atoms with E-state index in [1.54, 1.807) is 20.8 Å². The maximum absolute atomic E-state index is 13.2. The molecule has 3 N–H and O–H groups in total. The van der Waals surface area contributed by atoms with E-state index in [4.69, 9.17) is 9.84 Å². The molecule has 1 aromatic rings. The average molecular weight is 363 g/mol. The van der Waals surface area contributed by atoms with Gasteiger partial charge in [0.25, 0.3) is 0 Å². The fourth-order valence-corrected chi connectivity index (χ4v) is 2.03. The van der Waals surface area contributed by atoms with Crippen molar-refractivity contribution in [2.24, 2.45) is 0 Å². The maximum atomic E-state index is 13.2. The van der Waals surface area contributed by atoms with Gasteiger partial charge in [-0.05, 0) is 46.8 Å². The molecule has 0 radical (unpaired) electrons. The number of carbonyl (C=O) groups excluding carboxylic acids is 1. The number of benzene rings is 1. The smallest absolute Gasteiger partial charge is 0.417 e. The molecule has 0 saturated heterocycles. The molecule has 1 amide bonds. The van der Waals surface area contributed by atoms with Gasteiger partial charge in [0.2, 0.25) is 0 Å². The van der Waals surface area contributed by atoms with Crippen LogP contribution in [-0.2, 0) is 16.5 Å². The number of amides is 1.